The summed E-state index contributed by atoms with van der Waals surface area (Å²) in [6.07, 6.45) is 0.702. The number of anilines is 1. The van der Waals surface area contributed by atoms with Gasteiger partial charge in [-0.1, -0.05) is 12.1 Å². The highest BCUT2D eigenvalue weighted by Gasteiger charge is 2.33. The van der Waals surface area contributed by atoms with Gasteiger partial charge in [0.25, 0.3) is 0 Å². The summed E-state index contributed by atoms with van der Waals surface area (Å²) >= 11 is 0. The average Bonchev–Trinajstić information content (AvgIpc) is 2.83. The molecule has 0 aliphatic carbocycles. The van der Waals surface area contributed by atoms with Gasteiger partial charge in [-0.2, -0.15) is 5.26 Å². The van der Waals surface area contributed by atoms with Crippen LogP contribution in [0, 0.1) is 17.2 Å². The summed E-state index contributed by atoms with van der Waals surface area (Å²) in [5.74, 6) is -0.0931. The van der Waals surface area contributed by atoms with E-state index in [2.05, 4.69) is 6.07 Å². The minimum atomic E-state index is -0.109. The van der Waals surface area contributed by atoms with E-state index in [1.165, 1.54) is 0 Å². The Hall–Kier alpha value is -1.86. The van der Waals surface area contributed by atoms with Crippen LogP contribution in [0.5, 0.6) is 0 Å². The van der Waals surface area contributed by atoms with Crippen molar-refractivity contribution in [1.82, 2.24) is 0 Å². The van der Waals surface area contributed by atoms with Gasteiger partial charge < -0.3 is 9.64 Å². The Morgan fingerprint density at radius 2 is 2.22 bits per heavy atom. The molecular weight excluding hydrogens is 228 g/mol. The van der Waals surface area contributed by atoms with E-state index in [0.717, 1.165) is 6.42 Å². The van der Waals surface area contributed by atoms with Crippen molar-refractivity contribution in [2.45, 2.75) is 19.4 Å². The van der Waals surface area contributed by atoms with Crippen molar-refractivity contribution < 1.29 is 9.53 Å². The number of nitriles is 1. The standard InChI is InChI=1S/C14H16N2O2/c1-10-12(7-8-18-10)14(17)16(2)13-6-4-3-5-11(13)9-15/h3-6,10,12H,7-8H2,1-2H3. The van der Waals surface area contributed by atoms with E-state index in [0.29, 0.717) is 17.9 Å². The average molecular weight is 244 g/mol. The fourth-order valence-corrected chi connectivity index (χ4v) is 2.28. The summed E-state index contributed by atoms with van der Waals surface area (Å²) in [4.78, 5) is 13.9. The van der Waals surface area contributed by atoms with Gasteiger partial charge in [-0.3, -0.25) is 4.79 Å². The van der Waals surface area contributed by atoms with Crippen LogP contribution in [-0.4, -0.2) is 25.7 Å². The lowest BCUT2D eigenvalue weighted by molar-refractivity contribution is -0.123. The van der Waals surface area contributed by atoms with E-state index in [1.54, 1.807) is 30.1 Å². The fourth-order valence-electron chi connectivity index (χ4n) is 2.28. The number of nitrogens with zero attached hydrogens (tertiary/aromatic N) is 2. The van der Waals surface area contributed by atoms with E-state index < -0.39 is 0 Å². The van der Waals surface area contributed by atoms with Gasteiger partial charge in [0.05, 0.1) is 23.3 Å². The summed E-state index contributed by atoms with van der Waals surface area (Å²) in [6.45, 7) is 2.55. The van der Waals surface area contributed by atoms with Gasteiger partial charge >= 0.3 is 0 Å². The first-order valence-corrected chi connectivity index (χ1v) is 6.03. The molecule has 18 heavy (non-hydrogen) atoms. The summed E-state index contributed by atoms with van der Waals surface area (Å²) < 4.78 is 5.42. The van der Waals surface area contributed by atoms with E-state index in [1.807, 2.05) is 13.0 Å². The topological polar surface area (TPSA) is 53.3 Å². The molecule has 1 aromatic carbocycles. The van der Waals surface area contributed by atoms with Crippen LogP contribution >= 0.6 is 0 Å². The van der Waals surface area contributed by atoms with Gasteiger partial charge in [0, 0.05) is 13.7 Å². The Bertz CT molecular complexity index is 493. The summed E-state index contributed by atoms with van der Waals surface area (Å²) in [5.41, 5.74) is 1.17. The first-order valence-electron chi connectivity index (χ1n) is 6.03. The monoisotopic (exact) mass is 244 g/mol. The number of benzene rings is 1. The summed E-state index contributed by atoms with van der Waals surface area (Å²) in [6, 6.07) is 9.23. The van der Waals surface area contributed by atoms with Crippen molar-refractivity contribution in [3.63, 3.8) is 0 Å². The Balaban J connectivity index is 2.23. The molecule has 1 saturated heterocycles. The maximum absolute atomic E-state index is 12.4. The number of amides is 1. The first-order chi connectivity index (χ1) is 8.65. The highest BCUT2D eigenvalue weighted by Crippen LogP contribution is 2.26. The number of carbonyl (C=O) groups is 1. The van der Waals surface area contributed by atoms with Crippen LogP contribution in [0.15, 0.2) is 24.3 Å². The van der Waals surface area contributed by atoms with Crippen LogP contribution in [-0.2, 0) is 9.53 Å². The van der Waals surface area contributed by atoms with Gasteiger partial charge in [-0.05, 0) is 25.5 Å². The van der Waals surface area contributed by atoms with Gasteiger partial charge in [0.1, 0.15) is 6.07 Å². The lowest BCUT2D eigenvalue weighted by Crippen LogP contribution is -2.36. The quantitative estimate of drug-likeness (QED) is 0.799. The number of carbonyl (C=O) groups excluding carboxylic acids is 1. The van der Waals surface area contributed by atoms with Crippen molar-refractivity contribution >= 4 is 11.6 Å². The summed E-state index contributed by atoms with van der Waals surface area (Å²) in [7, 11) is 1.71. The van der Waals surface area contributed by atoms with Crippen molar-refractivity contribution in [3.05, 3.63) is 29.8 Å². The van der Waals surface area contributed by atoms with E-state index in [4.69, 9.17) is 10.00 Å². The smallest absolute Gasteiger partial charge is 0.232 e. The number of hydrogen-bond acceptors (Lipinski definition) is 3. The van der Waals surface area contributed by atoms with Gasteiger partial charge in [0.2, 0.25) is 5.91 Å². The predicted molar refractivity (Wildman–Crippen MR) is 68.1 cm³/mol. The zero-order valence-corrected chi connectivity index (χ0v) is 10.6. The van der Waals surface area contributed by atoms with Gasteiger partial charge in [-0.15, -0.1) is 0 Å². The zero-order chi connectivity index (χ0) is 13.1. The first kappa shape index (κ1) is 12.6. The molecule has 1 fully saturated rings. The molecule has 1 aliphatic heterocycles. The van der Waals surface area contributed by atoms with Crippen molar-refractivity contribution in [1.29, 1.82) is 5.26 Å². The van der Waals surface area contributed by atoms with Crippen molar-refractivity contribution in [3.8, 4) is 6.07 Å². The second-order valence-corrected chi connectivity index (χ2v) is 4.50. The summed E-state index contributed by atoms with van der Waals surface area (Å²) in [5, 5.41) is 9.05. The zero-order valence-electron chi connectivity index (χ0n) is 10.6. The molecule has 1 aromatic rings. The number of para-hydroxylation sites is 1. The maximum atomic E-state index is 12.4. The molecule has 2 rings (SSSR count). The third-order valence-corrected chi connectivity index (χ3v) is 3.41. The molecule has 0 aromatic heterocycles. The molecule has 2 unspecified atom stereocenters. The van der Waals surface area contributed by atoms with Gasteiger partial charge in [-0.25, -0.2) is 0 Å². The van der Waals surface area contributed by atoms with E-state index in [-0.39, 0.29) is 17.9 Å². The molecule has 0 bridgehead atoms. The molecule has 0 saturated carbocycles. The largest absolute Gasteiger partial charge is 0.378 e. The normalized spacial score (nSPS) is 22.5. The Morgan fingerprint density at radius 1 is 1.50 bits per heavy atom. The molecule has 94 valence electrons. The fraction of sp³-hybridized carbons (Fsp3) is 0.429. The highest BCUT2D eigenvalue weighted by molar-refractivity contribution is 5.96. The molecule has 1 aliphatic rings. The van der Waals surface area contributed by atoms with Crippen LogP contribution < -0.4 is 4.90 Å². The van der Waals surface area contributed by atoms with Crippen LogP contribution in [0.1, 0.15) is 18.9 Å². The predicted octanol–water partition coefficient (Wildman–Crippen LogP) is 1.95. The Kier molecular flexibility index (Phi) is 3.63. The second-order valence-electron chi connectivity index (χ2n) is 4.50. The molecule has 0 spiro atoms. The molecule has 1 heterocycles. The Labute approximate surface area is 107 Å². The van der Waals surface area contributed by atoms with Crippen molar-refractivity contribution in [2.24, 2.45) is 5.92 Å². The van der Waals surface area contributed by atoms with Crippen LogP contribution in [0.3, 0.4) is 0 Å². The molecular formula is C14H16N2O2. The third kappa shape index (κ3) is 2.22. The van der Waals surface area contributed by atoms with E-state index >= 15 is 0 Å². The maximum Gasteiger partial charge on any atom is 0.232 e. The lowest BCUT2D eigenvalue weighted by atomic mass is 10.0. The van der Waals surface area contributed by atoms with E-state index in [9.17, 15) is 4.79 Å². The molecule has 2 atom stereocenters. The number of rotatable bonds is 2. The SMILES string of the molecule is CC1OCCC1C(=O)N(C)c1ccccc1C#N. The van der Waals surface area contributed by atoms with Crippen molar-refractivity contribution in [2.75, 3.05) is 18.6 Å². The molecule has 1 amide bonds. The Morgan fingerprint density at radius 3 is 2.83 bits per heavy atom. The van der Waals surface area contributed by atoms with Crippen LogP contribution in [0.25, 0.3) is 0 Å². The number of ether oxygens (including phenoxy) is 1. The lowest BCUT2D eigenvalue weighted by Gasteiger charge is -2.23. The highest BCUT2D eigenvalue weighted by atomic mass is 16.5. The second kappa shape index (κ2) is 5.19. The van der Waals surface area contributed by atoms with Crippen LogP contribution in [0.4, 0.5) is 5.69 Å². The third-order valence-electron chi connectivity index (χ3n) is 3.41. The molecule has 0 N–H and O–H groups in total. The van der Waals surface area contributed by atoms with Gasteiger partial charge in [0.15, 0.2) is 0 Å². The molecule has 0 radical (unpaired) electrons. The minimum absolute atomic E-state index is 0.0164. The molecule has 4 nitrogen and oxygen atoms in total. The van der Waals surface area contributed by atoms with Crippen LogP contribution in [0.2, 0.25) is 0 Å². The molecule has 4 heteroatoms. The number of hydrogen-bond donors (Lipinski definition) is 0. The minimum Gasteiger partial charge on any atom is -0.378 e.